The van der Waals surface area contributed by atoms with Crippen LogP contribution in [0.15, 0.2) is 54.6 Å². The summed E-state index contributed by atoms with van der Waals surface area (Å²) in [7, 11) is 0. The number of rotatable bonds is 6. The number of carbonyl (C=O) groups is 2. The molecular weight excluding hydrogens is 326 g/mol. The van der Waals surface area contributed by atoms with Gasteiger partial charge in [0, 0.05) is 11.1 Å². The molecule has 5 nitrogen and oxygen atoms in total. The first-order chi connectivity index (χ1) is 11.5. The molecule has 2 atom stereocenters. The van der Waals surface area contributed by atoms with E-state index in [1.807, 2.05) is 54.6 Å². The lowest BCUT2D eigenvalue weighted by molar-refractivity contribution is -0.121. The van der Waals surface area contributed by atoms with E-state index in [1.54, 1.807) is 6.92 Å². The number of hydrogen-bond acceptors (Lipinski definition) is 3. The fourth-order valence-corrected chi connectivity index (χ4v) is 2.55. The van der Waals surface area contributed by atoms with E-state index in [2.05, 4.69) is 10.6 Å². The molecule has 6 heteroatoms. The molecule has 0 saturated heterocycles. The second kappa shape index (κ2) is 8.47. The minimum Gasteiger partial charge on any atom is -0.351 e. The molecule has 2 aromatic carbocycles. The van der Waals surface area contributed by atoms with E-state index in [9.17, 15) is 9.59 Å². The Balaban J connectivity index is 2.15. The van der Waals surface area contributed by atoms with E-state index >= 15 is 0 Å². The first kappa shape index (κ1) is 18.0. The number of primary amides is 1. The standard InChI is InChI=1S/C18H20ClN3O2/c1-12(17(23)22-18(20)24)21-16(14-5-3-2-4-6-14)11-13-7-9-15(19)10-8-13/h2-10,12,16,21H,11H2,1H3,(H3,20,22,23,24). The van der Waals surface area contributed by atoms with Gasteiger partial charge in [0.05, 0.1) is 6.04 Å². The third-order valence-corrected chi connectivity index (χ3v) is 3.90. The van der Waals surface area contributed by atoms with Gasteiger partial charge in [-0.1, -0.05) is 54.1 Å². The summed E-state index contributed by atoms with van der Waals surface area (Å²) in [4.78, 5) is 22.8. The van der Waals surface area contributed by atoms with Gasteiger partial charge >= 0.3 is 6.03 Å². The number of hydrogen-bond donors (Lipinski definition) is 3. The topological polar surface area (TPSA) is 84.2 Å². The number of halogens is 1. The Kier molecular flexibility index (Phi) is 6.35. The van der Waals surface area contributed by atoms with Crippen molar-refractivity contribution in [2.24, 2.45) is 5.73 Å². The zero-order chi connectivity index (χ0) is 17.5. The van der Waals surface area contributed by atoms with Crippen LogP contribution in [0.1, 0.15) is 24.1 Å². The predicted molar refractivity (Wildman–Crippen MR) is 94.7 cm³/mol. The highest BCUT2D eigenvalue weighted by Crippen LogP contribution is 2.20. The highest BCUT2D eigenvalue weighted by Gasteiger charge is 2.20. The lowest BCUT2D eigenvalue weighted by Gasteiger charge is -2.23. The van der Waals surface area contributed by atoms with Gasteiger partial charge in [-0.3, -0.25) is 15.4 Å². The van der Waals surface area contributed by atoms with Crippen LogP contribution >= 0.6 is 11.6 Å². The van der Waals surface area contributed by atoms with Gasteiger partial charge in [-0.25, -0.2) is 4.79 Å². The van der Waals surface area contributed by atoms with Gasteiger partial charge in [0.25, 0.3) is 0 Å². The van der Waals surface area contributed by atoms with Crippen molar-refractivity contribution in [1.29, 1.82) is 0 Å². The van der Waals surface area contributed by atoms with Gasteiger partial charge in [0.1, 0.15) is 0 Å². The molecule has 0 saturated carbocycles. The molecule has 0 aliphatic heterocycles. The van der Waals surface area contributed by atoms with Crippen molar-refractivity contribution in [1.82, 2.24) is 10.6 Å². The van der Waals surface area contributed by atoms with Crippen molar-refractivity contribution in [3.05, 3.63) is 70.7 Å². The summed E-state index contributed by atoms with van der Waals surface area (Å²) in [5, 5.41) is 6.02. The van der Waals surface area contributed by atoms with Crippen molar-refractivity contribution in [2.45, 2.75) is 25.4 Å². The van der Waals surface area contributed by atoms with Crippen LogP contribution in [0.5, 0.6) is 0 Å². The Morgan fingerprint density at radius 2 is 1.71 bits per heavy atom. The Hall–Kier alpha value is -2.37. The van der Waals surface area contributed by atoms with E-state index in [0.717, 1.165) is 11.1 Å². The number of amides is 3. The highest BCUT2D eigenvalue weighted by molar-refractivity contribution is 6.30. The molecular formula is C18H20ClN3O2. The molecule has 0 aliphatic carbocycles. The molecule has 0 aliphatic rings. The van der Waals surface area contributed by atoms with Gasteiger partial charge in [-0.2, -0.15) is 0 Å². The van der Waals surface area contributed by atoms with Crippen molar-refractivity contribution < 1.29 is 9.59 Å². The average Bonchev–Trinajstić information content (AvgIpc) is 2.56. The summed E-state index contributed by atoms with van der Waals surface area (Å²) in [6.07, 6.45) is 0.676. The van der Waals surface area contributed by atoms with Crippen LogP contribution in [0.4, 0.5) is 4.79 Å². The third kappa shape index (κ3) is 5.37. The lowest BCUT2D eigenvalue weighted by Crippen LogP contribution is -2.47. The second-order valence-corrected chi connectivity index (χ2v) is 5.97. The molecule has 3 amide bonds. The average molecular weight is 346 g/mol. The minimum absolute atomic E-state index is 0.0963. The number of nitrogens with one attached hydrogen (secondary N) is 2. The maximum atomic E-state index is 11.9. The monoisotopic (exact) mass is 345 g/mol. The smallest absolute Gasteiger partial charge is 0.318 e. The summed E-state index contributed by atoms with van der Waals surface area (Å²) < 4.78 is 0. The first-order valence-electron chi connectivity index (χ1n) is 7.61. The predicted octanol–water partition coefficient (Wildman–Crippen LogP) is 2.80. The van der Waals surface area contributed by atoms with Crippen LogP contribution in [0.25, 0.3) is 0 Å². The lowest BCUT2D eigenvalue weighted by atomic mass is 9.98. The van der Waals surface area contributed by atoms with Crippen LogP contribution < -0.4 is 16.4 Å². The van der Waals surface area contributed by atoms with Crippen LogP contribution in [-0.2, 0) is 11.2 Å². The molecule has 0 bridgehead atoms. The molecule has 126 valence electrons. The molecule has 4 N–H and O–H groups in total. The summed E-state index contributed by atoms with van der Waals surface area (Å²) in [5.41, 5.74) is 7.13. The van der Waals surface area contributed by atoms with Crippen LogP contribution in [0.3, 0.4) is 0 Å². The SMILES string of the molecule is CC(NC(Cc1ccc(Cl)cc1)c1ccccc1)C(=O)NC(N)=O. The van der Waals surface area contributed by atoms with Crippen molar-refractivity contribution in [2.75, 3.05) is 0 Å². The van der Waals surface area contributed by atoms with Gasteiger partial charge in [0.2, 0.25) is 5.91 Å². The molecule has 0 heterocycles. The molecule has 2 aromatic rings. The Morgan fingerprint density at radius 3 is 2.29 bits per heavy atom. The van der Waals surface area contributed by atoms with E-state index in [4.69, 9.17) is 17.3 Å². The third-order valence-electron chi connectivity index (χ3n) is 3.65. The summed E-state index contributed by atoms with van der Waals surface area (Å²) in [5.74, 6) is -0.459. The van der Waals surface area contributed by atoms with E-state index in [1.165, 1.54) is 0 Å². The fourth-order valence-electron chi connectivity index (χ4n) is 2.42. The van der Waals surface area contributed by atoms with E-state index in [-0.39, 0.29) is 6.04 Å². The molecule has 0 spiro atoms. The van der Waals surface area contributed by atoms with Crippen molar-refractivity contribution in [3.63, 3.8) is 0 Å². The van der Waals surface area contributed by atoms with Crippen molar-refractivity contribution >= 4 is 23.5 Å². The highest BCUT2D eigenvalue weighted by atomic mass is 35.5. The van der Waals surface area contributed by atoms with Gasteiger partial charge in [0.15, 0.2) is 0 Å². The normalized spacial score (nSPS) is 13.1. The second-order valence-electron chi connectivity index (χ2n) is 5.54. The van der Waals surface area contributed by atoms with E-state index in [0.29, 0.717) is 11.4 Å². The molecule has 2 unspecified atom stereocenters. The maximum absolute atomic E-state index is 11.9. The first-order valence-corrected chi connectivity index (χ1v) is 7.99. The summed E-state index contributed by atoms with van der Waals surface area (Å²) >= 11 is 5.93. The zero-order valence-electron chi connectivity index (χ0n) is 13.3. The van der Waals surface area contributed by atoms with E-state index < -0.39 is 18.0 Å². The Labute approximate surface area is 146 Å². The molecule has 0 aromatic heterocycles. The molecule has 0 radical (unpaired) electrons. The summed E-state index contributed by atoms with van der Waals surface area (Å²) in [6.45, 7) is 1.69. The van der Waals surface area contributed by atoms with Gasteiger partial charge in [-0.15, -0.1) is 0 Å². The Bertz CT molecular complexity index is 689. The van der Waals surface area contributed by atoms with Gasteiger partial charge < -0.3 is 5.73 Å². The Morgan fingerprint density at radius 1 is 1.08 bits per heavy atom. The quantitative estimate of drug-likeness (QED) is 0.752. The minimum atomic E-state index is -0.859. The number of benzene rings is 2. The summed E-state index contributed by atoms with van der Waals surface area (Å²) in [6, 6.07) is 15.9. The number of nitrogens with two attached hydrogens (primary N) is 1. The van der Waals surface area contributed by atoms with Crippen molar-refractivity contribution in [3.8, 4) is 0 Å². The molecule has 0 fully saturated rings. The number of imide groups is 1. The fraction of sp³-hybridized carbons (Fsp3) is 0.222. The largest absolute Gasteiger partial charge is 0.351 e. The number of urea groups is 1. The molecule has 2 rings (SSSR count). The number of carbonyl (C=O) groups excluding carboxylic acids is 2. The maximum Gasteiger partial charge on any atom is 0.318 e. The van der Waals surface area contributed by atoms with Crippen LogP contribution in [0.2, 0.25) is 5.02 Å². The van der Waals surface area contributed by atoms with Gasteiger partial charge in [-0.05, 0) is 36.6 Å². The van der Waals surface area contributed by atoms with Crippen LogP contribution in [0, 0.1) is 0 Å². The van der Waals surface area contributed by atoms with Crippen LogP contribution in [-0.4, -0.2) is 18.0 Å². The zero-order valence-corrected chi connectivity index (χ0v) is 14.1. The molecule has 24 heavy (non-hydrogen) atoms.